The quantitative estimate of drug-likeness (QED) is 0.363. The summed E-state index contributed by atoms with van der Waals surface area (Å²) in [4.78, 5) is 7.17. The Labute approximate surface area is 170 Å². The van der Waals surface area contributed by atoms with Gasteiger partial charge in [-0.25, -0.2) is 4.99 Å². The van der Waals surface area contributed by atoms with E-state index >= 15 is 0 Å². The van der Waals surface area contributed by atoms with Crippen molar-refractivity contribution in [3.05, 3.63) is 71.5 Å². The Bertz CT molecular complexity index is 781. The zero-order valence-corrected chi connectivity index (χ0v) is 17.6. The first-order chi connectivity index (χ1) is 13.6. The Hall–Kier alpha value is -2.60. The molecule has 1 unspecified atom stereocenters. The molecule has 1 heterocycles. The van der Waals surface area contributed by atoms with E-state index in [0.29, 0.717) is 6.04 Å². The van der Waals surface area contributed by atoms with Crippen molar-refractivity contribution < 1.29 is 0 Å². The highest BCUT2D eigenvalue weighted by molar-refractivity contribution is 6.02. The van der Waals surface area contributed by atoms with Gasteiger partial charge in [-0.1, -0.05) is 49.5 Å². The third-order valence-corrected chi connectivity index (χ3v) is 5.53. The fourth-order valence-corrected chi connectivity index (χ4v) is 3.73. The zero-order valence-electron chi connectivity index (χ0n) is 17.6. The molecule has 0 aromatic heterocycles. The van der Waals surface area contributed by atoms with E-state index in [1.807, 2.05) is 31.4 Å². The smallest absolute Gasteiger partial charge is 0.135 e. The third-order valence-electron chi connectivity index (χ3n) is 5.53. The maximum atomic E-state index is 8.89. The molecule has 0 amide bonds. The average Bonchev–Trinajstić information content (AvgIpc) is 3.14. The molecule has 0 spiro atoms. The van der Waals surface area contributed by atoms with Gasteiger partial charge >= 0.3 is 0 Å². The van der Waals surface area contributed by atoms with Crippen molar-refractivity contribution in [3.8, 4) is 6.07 Å². The molecule has 28 heavy (non-hydrogen) atoms. The van der Waals surface area contributed by atoms with Crippen molar-refractivity contribution >= 4 is 5.84 Å². The lowest BCUT2D eigenvalue weighted by atomic mass is 9.99. The van der Waals surface area contributed by atoms with Crippen LogP contribution in [0.1, 0.15) is 58.8 Å². The highest BCUT2D eigenvalue weighted by Crippen LogP contribution is 2.28. The second-order valence-electron chi connectivity index (χ2n) is 7.47. The standard InChI is InChI=1S/C25H33N3/c1-5-21(17-16-20(3)19-26)11-9-14-23(6-2)28(4)25-24-15-10-13-22(24)12-7-8-18-27-25/h5,8,10,15-18,23H,1,6-7,9,11-14H2,2-4H3/b18-8?,20-16+,21-17+,27-25?. The predicted octanol–water partition coefficient (Wildman–Crippen LogP) is 6.41. The molecule has 1 aliphatic carbocycles. The third kappa shape index (κ3) is 5.96. The van der Waals surface area contributed by atoms with Gasteiger partial charge in [0.15, 0.2) is 0 Å². The number of likely N-dealkylation sites (N-methyl/N-ethyl adjacent to an activating group) is 1. The zero-order chi connectivity index (χ0) is 20.4. The van der Waals surface area contributed by atoms with Crippen LogP contribution in [0.4, 0.5) is 0 Å². The molecule has 0 radical (unpaired) electrons. The number of hydrogen-bond donors (Lipinski definition) is 0. The molecule has 1 atom stereocenters. The van der Waals surface area contributed by atoms with Gasteiger partial charge < -0.3 is 4.90 Å². The number of allylic oxidation sites excluding steroid dienone is 8. The Morgan fingerprint density at radius 2 is 2.21 bits per heavy atom. The largest absolute Gasteiger partial charge is 0.356 e. The molecule has 3 nitrogen and oxygen atoms in total. The summed E-state index contributed by atoms with van der Waals surface area (Å²) in [7, 11) is 2.18. The van der Waals surface area contributed by atoms with Crippen LogP contribution >= 0.6 is 0 Å². The van der Waals surface area contributed by atoms with Crippen LogP contribution in [0.2, 0.25) is 0 Å². The van der Waals surface area contributed by atoms with Crippen LogP contribution in [-0.2, 0) is 0 Å². The summed E-state index contributed by atoms with van der Waals surface area (Å²) < 4.78 is 0. The van der Waals surface area contributed by atoms with Crippen molar-refractivity contribution in [2.45, 2.75) is 64.8 Å². The first-order valence-electron chi connectivity index (χ1n) is 10.3. The summed E-state index contributed by atoms with van der Waals surface area (Å²) in [6, 6.07) is 2.61. The Balaban J connectivity index is 2.04. The molecular formula is C25H33N3. The SMILES string of the molecule is C=C/C(=C\C=C(/C)C#N)CCCC(CC)N(C)C1=NC=CCCC2=C1C=CC2. The van der Waals surface area contributed by atoms with E-state index in [4.69, 9.17) is 10.3 Å². The molecular weight excluding hydrogens is 342 g/mol. The van der Waals surface area contributed by atoms with E-state index in [1.54, 1.807) is 0 Å². The second-order valence-corrected chi connectivity index (χ2v) is 7.47. The summed E-state index contributed by atoms with van der Waals surface area (Å²) >= 11 is 0. The molecule has 0 saturated carbocycles. The van der Waals surface area contributed by atoms with Crippen molar-refractivity contribution in [1.82, 2.24) is 4.90 Å². The second kappa shape index (κ2) is 11.3. The Kier molecular flexibility index (Phi) is 8.75. The molecule has 0 aromatic rings. The number of rotatable bonds is 8. The van der Waals surface area contributed by atoms with Crippen molar-refractivity contribution in [3.63, 3.8) is 0 Å². The normalized spacial score (nSPS) is 18.1. The molecule has 3 heteroatoms. The lowest BCUT2D eigenvalue weighted by molar-refractivity contribution is 0.329. The number of hydrogen-bond acceptors (Lipinski definition) is 3. The van der Waals surface area contributed by atoms with Gasteiger partial charge in [-0.15, -0.1) is 0 Å². The highest BCUT2D eigenvalue weighted by atomic mass is 15.2. The van der Waals surface area contributed by atoms with Crippen molar-refractivity contribution in [2.75, 3.05) is 7.05 Å². The van der Waals surface area contributed by atoms with Crippen LogP contribution in [-0.4, -0.2) is 23.8 Å². The van der Waals surface area contributed by atoms with E-state index in [2.05, 4.69) is 49.7 Å². The summed E-state index contributed by atoms with van der Waals surface area (Å²) in [5.41, 5.74) is 4.74. The highest BCUT2D eigenvalue weighted by Gasteiger charge is 2.22. The molecule has 148 valence electrons. The van der Waals surface area contributed by atoms with Gasteiger partial charge in [0, 0.05) is 30.4 Å². The lowest BCUT2D eigenvalue weighted by Gasteiger charge is -2.31. The summed E-state index contributed by atoms with van der Waals surface area (Å²) in [5, 5.41) is 8.89. The lowest BCUT2D eigenvalue weighted by Crippen LogP contribution is -2.37. The minimum absolute atomic E-state index is 0.455. The topological polar surface area (TPSA) is 39.4 Å². The Morgan fingerprint density at radius 3 is 2.93 bits per heavy atom. The van der Waals surface area contributed by atoms with E-state index in [1.165, 1.54) is 16.7 Å². The molecule has 2 aliphatic rings. The van der Waals surface area contributed by atoms with Gasteiger partial charge in [0.1, 0.15) is 5.84 Å². The average molecular weight is 376 g/mol. The molecule has 0 saturated heterocycles. The summed E-state index contributed by atoms with van der Waals surface area (Å²) in [6.45, 7) is 7.99. The van der Waals surface area contributed by atoms with Crippen LogP contribution in [0.5, 0.6) is 0 Å². The predicted molar refractivity (Wildman–Crippen MR) is 120 cm³/mol. The molecule has 1 aliphatic heterocycles. The van der Waals surface area contributed by atoms with Crippen LogP contribution < -0.4 is 0 Å². The fourth-order valence-electron chi connectivity index (χ4n) is 3.73. The first kappa shape index (κ1) is 21.7. The van der Waals surface area contributed by atoms with Gasteiger partial charge in [-0.2, -0.15) is 5.26 Å². The van der Waals surface area contributed by atoms with Gasteiger partial charge in [-0.05, 0) is 63.5 Å². The number of nitrogens with zero attached hydrogens (tertiary/aromatic N) is 3. The van der Waals surface area contributed by atoms with Crippen LogP contribution in [0.15, 0.2) is 76.5 Å². The van der Waals surface area contributed by atoms with E-state index in [0.717, 1.165) is 56.4 Å². The molecule has 0 bridgehead atoms. The number of nitriles is 1. The van der Waals surface area contributed by atoms with Crippen molar-refractivity contribution in [1.29, 1.82) is 5.26 Å². The van der Waals surface area contributed by atoms with Crippen LogP contribution in [0, 0.1) is 11.3 Å². The Morgan fingerprint density at radius 1 is 1.39 bits per heavy atom. The van der Waals surface area contributed by atoms with Crippen molar-refractivity contribution in [2.24, 2.45) is 4.99 Å². The van der Waals surface area contributed by atoms with Gasteiger partial charge in [-0.3, -0.25) is 0 Å². The summed E-state index contributed by atoms with van der Waals surface area (Å²) in [5.74, 6) is 1.11. The minimum atomic E-state index is 0.455. The molecule has 2 rings (SSSR count). The number of amidine groups is 1. The monoisotopic (exact) mass is 375 g/mol. The molecule has 0 N–H and O–H groups in total. The fraction of sp³-hybridized carbons (Fsp3) is 0.440. The van der Waals surface area contributed by atoms with Crippen LogP contribution in [0.3, 0.4) is 0 Å². The molecule has 0 aromatic carbocycles. The van der Waals surface area contributed by atoms with E-state index < -0.39 is 0 Å². The maximum Gasteiger partial charge on any atom is 0.135 e. The minimum Gasteiger partial charge on any atom is -0.356 e. The molecule has 0 fully saturated rings. The van der Waals surface area contributed by atoms with Gasteiger partial charge in [0.05, 0.1) is 6.07 Å². The summed E-state index contributed by atoms with van der Waals surface area (Å²) in [6.07, 6.45) is 22.0. The maximum absolute atomic E-state index is 8.89. The van der Waals surface area contributed by atoms with Gasteiger partial charge in [0.25, 0.3) is 0 Å². The van der Waals surface area contributed by atoms with E-state index in [-0.39, 0.29) is 0 Å². The number of aliphatic imine (C=N–C) groups is 1. The first-order valence-corrected chi connectivity index (χ1v) is 10.3. The van der Waals surface area contributed by atoms with E-state index in [9.17, 15) is 0 Å². The van der Waals surface area contributed by atoms with Gasteiger partial charge in [0.2, 0.25) is 0 Å². The van der Waals surface area contributed by atoms with Crippen LogP contribution in [0.25, 0.3) is 0 Å².